The van der Waals surface area contributed by atoms with Crippen LogP contribution in [-0.2, 0) is 11.3 Å². The summed E-state index contributed by atoms with van der Waals surface area (Å²) in [5.41, 5.74) is 1.25. The van der Waals surface area contributed by atoms with Gasteiger partial charge in [0, 0.05) is 24.7 Å². The third-order valence-corrected chi connectivity index (χ3v) is 3.72. The molecule has 0 radical (unpaired) electrons. The molecule has 1 aromatic rings. The Hall–Kier alpha value is -0.610. The molecular formula is C15H23ClN2O. The summed E-state index contributed by atoms with van der Waals surface area (Å²) in [6.07, 6.45) is 3.07. The van der Waals surface area contributed by atoms with Crippen LogP contribution >= 0.6 is 11.6 Å². The van der Waals surface area contributed by atoms with Gasteiger partial charge in [-0.2, -0.15) is 0 Å². The fraction of sp³-hybridized carbons (Fsp3) is 0.600. The molecule has 2 unspecified atom stereocenters. The van der Waals surface area contributed by atoms with Crippen molar-refractivity contribution in [1.29, 1.82) is 0 Å². The number of hydrogen-bond donors (Lipinski definition) is 1. The van der Waals surface area contributed by atoms with E-state index in [9.17, 15) is 0 Å². The smallest absolute Gasteiger partial charge is 0.0707 e. The number of halogens is 1. The van der Waals surface area contributed by atoms with Gasteiger partial charge in [-0.3, -0.25) is 4.90 Å². The summed E-state index contributed by atoms with van der Waals surface area (Å²) in [6, 6.07) is 8.05. The zero-order valence-electron chi connectivity index (χ0n) is 11.7. The van der Waals surface area contributed by atoms with Crippen molar-refractivity contribution in [2.75, 3.05) is 27.2 Å². The Morgan fingerprint density at radius 2 is 2.16 bits per heavy atom. The van der Waals surface area contributed by atoms with Crippen LogP contribution in [0.3, 0.4) is 0 Å². The van der Waals surface area contributed by atoms with Crippen molar-refractivity contribution in [3.05, 3.63) is 34.9 Å². The molecule has 0 saturated carbocycles. The molecule has 106 valence electrons. The van der Waals surface area contributed by atoms with Gasteiger partial charge in [-0.25, -0.2) is 0 Å². The standard InChI is InChI=1S/C15H23ClN2O/c1-17-9-14-6-7-15(19-14)11-18(2)10-12-4-3-5-13(16)8-12/h3-5,8,14-15,17H,6-7,9-11H2,1-2H3. The van der Waals surface area contributed by atoms with Crippen LogP contribution in [0.4, 0.5) is 0 Å². The molecule has 1 saturated heterocycles. The number of likely N-dealkylation sites (N-methyl/N-ethyl adjacent to an activating group) is 2. The number of rotatable bonds is 6. The molecule has 0 aliphatic carbocycles. The van der Waals surface area contributed by atoms with E-state index in [4.69, 9.17) is 16.3 Å². The Balaban J connectivity index is 1.77. The minimum Gasteiger partial charge on any atom is -0.372 e. The van der Waals surface area contributed by atoms with Crippen molar-refractivity contribution >= 4 is 11.6 Å². The molecule has 2 rings (SSSR count). The fourth-order valence-corrected chi connectivity index (χ4v) is 2.86. The SMILES string of the molecule is CNCC1CCC(CN(C)Cc2cccc(Cl)c2)O1. The van der Waals surface area contributed by atoms with Gasteiger partial charge in [-0.1, -0.05) is 23.7 Å². The Bertz CT molecular complexity index is 399. The maximum Gasteiger partial charge on any atom is 0.0707 e. The summed E-state index contributed by atoms with van der Waals surface area (Å²) < 4.78 is 6.00. The first-order valence-electron chi connectivity index (χ1n) is 6.90. The Labute approximate surface area is 120 Å². The molecule has 1 N–H and O–H groups in total. The molecule has 0 amide bonds. The van der Waals surface area contributed by atoms with E-state index in [-0.39, 0.29) is 0 Å². The Morgan fingerprint density at radius 3 is 2.89 bits per heavy atom. The lowest BCUT2D eigenvalue weighted by molar-refractivity contribution is 0.0276. The third kappa shape index (κ3) is 4.77. The van der Waals surface area contributed by atoms with Crippen LogP contribution in [0.25, 0.3) is 0 Å². The molecule has 4 heteroatoms. The first-order chi connectivity index (χ1) is 9.17. The summed E-state index contributed by atoms with van der Waals surface area (Å²) in [4.78, 5) is 2.30. The van der Waals surface area contributed by atoms with Gasteiger partial charge in [-0.15, -0.1) is 0 Å². The molecule has 0 aromatic heterocycles. The zero-order chi connectivity index (χ0) is 13.7. The second kappa shape index (κ2) is 7.25. The minimum absolute atomic E-state index is 0.363. The quantitative estimate of drug-likeness (QED) is 0.868. The van der Waals surface area contributed by atoms with Gasteiger partial charge >= 0.3 is 0 Å². The van der Waals surface area contributed by atoms with Crippen LogP contribution < -0.4 is 5.32 Å². The van der Waals surface area contributed by atoms with E-state index in [1.54, 1.807) is 0 Å². The second-order valence-corrected chi connectivity index (χ2v) is 5.78. The van der Waals surface area contributed by atoms with Crippen molar-refractivity contribution < 1.29 is 4.74 Å². The van der Waals surface area contributed by atoms with Crippen LogP contribution in [0.2, 0.25) is 5.02 Å². The van der Waals surface area contributed by atoms with Gasteiger partial charge in [-0.05, 0) is 44.6 Å². The molecule has 0 bridgehead atoms. The summed E-state index contributed by atoms with van der Waals surface area (Å²) in [5, 5.41) is 3.98. The average Bonchev–Trinajstić information content (AvgIpc) is 2.77. The van der Waals surface area contributed by atoms with E-state index in [0.717, 1.165) is 37.5 Å². The summed E-state index contributed by atoms with van der Waals surface area (Å²) in [5.74, 6) is 0. The molecule has 3 nitrogen and oxygen atoms in total. The van der Waals surface area contributed by atoms with Crippen molar-refractivity contribution in [3.8, 4) is 0 Å². The molecule has 0 spiro atoms. The first-order valence-corrected chi connectivity index (χ1v) is 7.28. The maximum atomic E-state index is 6.00. The lowest BCUT2D eigenvalue weighted by atomic mass is 10.1. The van der Waals surface area contributed by atoms with E-state index in [1.807, 2.05) is 25.2 Å². The van der Waals surface area contributed by atoms with Gasteiger partial charge in [0.1, 0.15) is 0 Å². The largest absolute Gasteiger partial charge is 0.372 e. The summed E-state index contributed by atoms with van der Waals surface area (Å²) >= 11 is 6.00. The average molecular weight is 283 g/mol. The maximum absolute atomic E-state index is 6.00. The highest BCUT2D eigenvalue weighted by molar-refractivity contribution is 6.30. The predicted molar refractivity (Wildman–Crippen MR) is 79.6 cm³/mol. The number of nitrogens with zero attached hydrogens (tertiary/aromatic N) is 1. The van der Waals surface area contributed by atoms with Crippen molar-refractivity contribution in [2.24, 2.45) is 0 Å². The van der Waals surface area contributed by atoms with Crippen LogP contribution in [-0.4, -0.2) is 44.3 Å². The van der Waals surface area contributed by atoms with Crippen LogP contribution in [0, 0.1) is 0 Å². The molecule has 1 aromatic carbocycles. The van der Waals surface area contributed by atoms with Gasteiger partial charge < -0.3 is 10.1 Å². The molecule has 1 fully saturated rings. The van der Waals surface area contributed by atoms with Crippen molar-refractivity contribution in [1.82, 2.24) is 10.2 Å². The number of ether oxygens (including phenoxy) is 1. The molecular weight excluding hydrogens is 260 g/mol. The van der Waals surface area contributed by atoms with Gasteiger partial charge in [0.25, 0.3) is 0 Å². The van der Waals surface area contributed by atoms with Crippen LogP contribution in [0.5, 0.6) is 0 Å². The monoisotopic (exact) mass is 282 g/mol. The number of benzene rings is 1. The Kier molecular flexibility index (Phi) is 5.64. The number of hydrogen-bond acceptors (Lipinski definition) is 3. The van der Waals surface area contributed by atoms with Crippen molar-refractivity contribution in [3.63, 3.8) is 0 Å². The summed E-state index contributed by atoms with van der Waals surface area (Å²) in [7, 11) is 4.11. The highest BCUT2D eigenvalue weighted by Crippen LogP contribution is 2.20. The van der Waals surface area contributed by atoms with E-state index in [2.05, 4.69) is 23.3 Å². The van der Waals surface area contributed by atoms with E-state index in [1.165, 1.54) is 5.56 Å². The van der Waals surface area contributed by atoms with Gasteiger partial charge in [0.2, 0.25) is 0 Å². The zero-order valence-corrected chi connectivity index (χ0v) is 12.5. The molecule has 19 heavy (non-hydrogen) atoms. The predicted octanol–water partition coefficient (Wildman–Crippen LogP) is 2.54. The highest BCUT2D eigenvalue weighted by atomic mass is 35.5. The minimum atomic E-state index is 0.363. The molecule has 2 atom stereocenters. The van der Waals surface area contributed by atoms with Gasteiger partial charge in [0.15, 0.2) is 0 Å². The van der Waals surface area contributed by atoms with E-state index >= 15 is 0 Å². The van der Waals surface area contributed by atoms with Crippen molar-refractivity contribution in [2.45, 2.75) is 31.6 Å². The number of nitrogens with one attached hydrogen (secondary N) is 1. The fourth-order valence-electron chi connectivity index (χ4n) is 2.65. The van der Waals surface area contributed by atoms with E-state index in [0.29, 0.717) is 12.2 Å². The van der Waals surface area contributed by atoms with Crippen LogP contribution in [0.15, 0.2) is 24.3 Å². The first kappa shape index (κ1) is 14.8. The third-order valence-electron chi connectivity index (χ3n) is 3.48. The van der Waals surface area contributed by atoms with Gasteiger partial charge in [0.05, 0.1) is 12.2 Å². The summed E-state index contributed by atoms with van der Waals surface area (Å²) in [6.45, 7) is 2.85. The van der Waals surface area contributed by atoms with E-state index < -0.39 is 0 Å². The second-order valence-electron chi connectivity index (χ2n) is 5.34. The molecule has 1 aliphatic rings. The lowest BCUT2D eigenvalue weighted by Gasteiger charge is -2.21. The highest BCUT2D eigenvalue weighted by Gasteiger charge is 2.25. The molecule has 1 aliphatic heterocycles. The normalized spacial score (nSPS) is 23.2. The molecule has 1 heterocycles. The van der Waals surface area contributed by atoms with Crippen LogP contribution in [0.1, 0.15) is 18.4 Å². The lowest BCUT2D eigenvalue weighted by Crippen LogP contribution is -2.30. The Morgan fingerprint density at radius 1 is 1.37 bits per heavy atom. The topological polar surface area (TPSA) is 24.5 Å².